The summed E-state index contributed by atoms with van der Waals surface area (Å²) in [6.07, 6.45) is 22.5. The van der Waals surface area contributed by atoms with Crippen LogP contribution < -0.4 is 4.74 Å². The minimum Gasteiger partial charge on any atom is -0.508 e. The van der Waals surface area contributed by atoms with Gasteiger partial charge in [-0.3, -0.25) is 5.26 Å². The van der Waals surface area contributed by atoms with Gasteiger partial charge in [-0.1, -0.05) is 385 Å². The third kappa shape index (κ3) is 32.5. The molecule has 2 aliphatic rings. The normalized spacial score (nSPS) is 16.9. The summed E-state index contributed by atoms with van der Waals surface area (Å²) in [5.41, 5.74) is 16.3. The molecule has 0 aliphatic heterocycles. The Bertz CT molecular complexity index is 4250. The summed E-state index contributed by atoms with van der Waals surface area (Å²) in [7, 11) is 0. The summed E-state index contributed by atoms with van der Waals surface area (Å²) in [6.45, 7) is 87.3. The highest BCUT2D eigenvalue weighted by atomic mass is 17.1. The standard InChI is InChI=1S/C27H46O3.C26H34O3.C23H38O.C22H38O2.C15H24O/c1-8-9-10-11-19-12-14-20(15-13-19)16-24(30-29)21-17-22(26(2,3)4)25(28)23(18-21)27(5,6)7;1-10-22(27)29-24-19(12-17(3)14-21(24)26(7,8)9)15-18-11-16(2)13-20(23(18)28)25(4,5)6;1-8-9-16-10-12-17(13-11-16)18-14-19(22(2,3)4)21(24)20(15-18)23(5,6)7;1-19(2,3)13-21(7,8)15-11-18(24)16(12-17(15)23)22(9,10)14-20(4,5)6;1-10-8-11(14(2,3)4)13(16)12(9-10)15(5,6)7/h17-20,24,28-29H,8-16H2,1-7H3;10-14,28H,1,15H2,2-9H3;14-17,24H,8-13H2,1-7H3;11-12,23-24H,13-14H2,1-10H3;8-9,16H,1-7H3. The van der Waals surface area contributed by atoms with E-state index in [0.29, 0.717) is 58.5 Å². The molecule has 0 aromatic heterocycles. The van der Waals surface area contributed by atoms with Crippen LogP contribution >= 0.6 is 0 Å². The number of benzene rings is 6. The van der Waals surface area contributed by atoms with Crippen LogP contribution in [0, 0.1) is 49.4 Å². The molecule has 6 aromatic carbocycles. The molecule has 7 N–H and O–H groups in total. The largest absolute Gasteiger partial charge is 0.508 e. The third-order valence-corrected chi connectivity index (χ3v) is 25.1. The number of esters is 1. The zero-order chi connectivity index (χ0) is 94.7. The lowest BCUT2D eigenvalue weighted by Gasteiger charge is -2.36. The van der Waals surface area contributed by atoms with E-state index in [1.54, 1.807) is 12.1 Å². The molecule has 0 amide bonds. The van der Waals surface area contributed by atoms with Gasteiger partial charge in [-0.25, -0.2) is 9.68 Å². The van der Waals surface area contributed by atoms with Gasteiger partial charge in [0.05, 0.1) is 0 Å². The van der Waals surface area contributed by atoms with Crippen molar-refractivity contribution in [3.8, 4) is 40.2 Å². The Morgan fingerprint density at radius 2 is 0.699 bits per heavy atom. The first-order chi connectivity index (χ1) is 55.7. The fraction of sp³-hybridized carbons (Fsp3) is 0.655. The van der Waals surface area contributed by atoms with E-state index in [1.165, 1.54) is 107 Å². The van der Waals surface area contributed by atoms with E-state index in [9.17, 15) is 40.7 Å². The van der Waals surface area contributed by atoms with Gasteiger partial charge in [0, 0.05) is 29.2 Å². The predicted octanol–water partition coefficient (Wildman–Crippen LogP) is 32.5. The number of hydrogen-bond donors (Lipinski definition) is 7. The molecule has 692 valence electrons. The molecule has 0 radical (unpaired) electrons. The fourth-order valence-electron chi connectivity index (χ4n) is 19.2. The van der Waals surface area contributed by atoms with Crippen LogP contribution in [0.2, 0.25) is 0 Å². The van der Waals surface area contributed by atoms with Gasteiger partial charge >= 0.3 is 5.97 Å². The van der Waals surface area contributed by atoms with Crippen molar-refractivity contribution in [3.63, 3.8) is 0 Å². The highest BCUT2D eigenvalue weighted by Gasteiger charge is 2.38. The summed E-state index contributed by atoms with van der Waals surface area (Å²) in [5.74, 6) is 5.40. The zero-order valence-electron chi connectivity index (χ0n) is 85.7. The highest BCUT2D eigenvalue weighted by Crippen LogP contribution is 2.51. The van der Waals surface area contributed by atoms with Crippen molar-refractivity contribution < 1.29 is 50.3 Å². The number of aromatic hydroxyl groups is 6. The van der Waals surface area contributed by atoms with Crippen LogP contribution in [-0.2, 0) is 70.3 Å². The predicted molar refractivity (Wildman–Crippen MR) is 526 cm³/mol. The minimum absolute atomic E-state index is 0.0178. The lowest BCUT2D eigenvalue weighted by Crippen LogP contribution is -2.27. The molecule has 0 saturated heterocycles. The average molecular weight is 1700 g/mol. The Kier molecular flexibility index (Phi) is 37.5. The number of rotatable bonds is 19. The highest BCUT2D eigenvalue weighted by molar-refractivity contribution is 5.84. The molecule has 10 nitrogen and oxygen atoms in total. The number of unbranched alkanes of at least 4 members (excludes halogenated alkanes) is 2. The molecule has 0 bridgehead atoms. The molecule has 1 atom stereocenters. The van der Waals surface area contributed by atoms with Gasteiger partial charge in [0.25, 0.3) is 0 Å². The van der Waals surface area contributed by atoms with Crippen molar-refractivity contribution in [1.82, 2.24) is 0 Å². The van der Waals surface area contributed by atoms with Crippen LogP contribution in [0.3, 0.4) is 0 Å². The number of hydrogen-bond acceptors (Lipinski definition) is 10. The van der Waals surface area contributed by atoms with E-state index < -0.39 is 5.97 Å². The van der Waals surface area contributed by atoms with E-state index in [1.807, 2.05) is 44.2 Å². The van der Waals surface area contributed by atoms with Crippen molar-refractivity contribution >= 4 is 5.97 Å². The van der Waals surface area contributed by atoms with Gasteiger partial charge in [-0.15, -0.1) is 0 Å². The Morgan fingerprint density at radius 3 is 1.04 bits per heavy atom. The molecular weight excluding hydrogens is 1520 g/mol. The van der Waals surface area contributed by atoms with Gasteiger partial charge < -0.3 is 35.4 Å². The maximum atomic E-state index is 12.1. The minimum atomic E-state index is -0.482. The van der Waals surface area contributed by atoms with Gasteiger partial charge in [0.2, 0.25) is 0 Å². The third-order valence-electron chi connectivity index (χ3n) is 25.1. The Morgan fingerprint density at radius 1 is 0.382 bits per heavy atom. The zero-order valence-corrected chi connectivity index (χ0v) is 85.7. The molecule has 10 heteroatoms. The van der Waals surface area contributed by atoms with Gasteiger partial charge in [0.15, 0.2) is 0 Å². The summed E-state index contributed by atoms with van der Waals surface area (Å²) in [6, 6.07) is 24.5. The first-order valence-corrected chi connectivity index (χ1v) is 47.0. The molecule has 1 unspecified atom stereocenters. The quantitative estimate of drug-likeness (QED) is 0.00786. The van der Waals surface area contributed by atoms with Crippen LogP contribution in [-0.4, -0.2) is 41.9 Å². The number of phenolic OH excluding ortho intramolecular Hbond substituents is 6. The molecule has 0 spiro atoms. The number of phenols is 6. The maximum absolute atomic E-state index is 12.1. The lowest BCUT2D eigenvalue weighted by molar-refractivity contribution is -0.285. The van der Waals surface area contributed by atoms with Crippen LogP contribution in [0.1, 0.15) is 465 Å². The number of aryl methyl sites for hydroxylation is 3. The first kappa shape index (κ1) is 109. The van der Waals surface area contributed by atoms with Gasteiger partial charge in [-0.05, 0) is 240 Å². The van der Waals surface area contributed by atoms with E-state index in [2.05, 4.69) is 293 Å². The molecule has 0 heterocycles. The topological polar surface area (TPSA) is 177 Å². The Labute approximate surface area is 752 Å². The summed E-state index contributed by atoms with van der Waals surface area (Å²) in [5, 5.41) is 74.5. The van der Waals surface area contributed by atoms with E-state index in [0.717, 1.165) is 115 Å². The van der Waals surface area contributed by atoms with Crippen molar-refractivity contribution in [2.24, 2.45) is 28.6 Å². The van der Waals surface area contributed by atoms with Gasteiger partial charge in [0.1, 0.15) is 46.4 Å². The van der Waals surface area contributed by atoms with Crippen molar-refractivity contribution in [2.75, 3.05) is 0 Å². The average Bonchev–Trinajstić information content (AvgIpc) is 0.788. The molecule has 123 heavy (non-hydrogen) atoms. The summed E-state index contributed by atoms with van der Waals surface area (Å²) in [4.78, 5) is 17.1. The molecule has 2 saturated carbocycles. The summed E-state index contributed by atoms with van der Waals surface area (Å²) >= 11 is 0. The summed E-state index contributed by atoms with van der Waals surface area (Å²) < 4.78 is 5.71. The SMILES string of the molecule is C=CC(=O)Oc1c(Cc2cc(C)cc(C(C)(C)C)c2O)cc(C)cc1C(C)(C)C.CC(C)(C)CC(C)(C)c1cc(O)c(C(C)(C)CC(C)(C)C)cc1O.CCCC1CCC(c2cc(C(C)(C)C)c(O)c(C(C)(C)C)c2)CC1.CCCCCC1CCC(CC(OO)c2cc(C(C)(C)C)c(O)c(C(C)(C)C)c2)CC1.Cc1cc(C(C)(C)C)c(O)c(C(C)(C)C)c1. The smallest absolute Gasteiger partial charge is 0.335 e. The van der Waals surface area contributed by atoms with Crippen LogP contribution in [0.15, 0.2) is 85.5 Å². The number of carbonyl (C=O) groups is 1. The van der Waals surface area contributed by atoms with Crippen molar-refractivity contribution in [2.45, 2.75) is 452 Å². The Hall–Kier alpha value is -6.75. The second-order valence-corrected chi connectivity index (χ2v) is 49.4. The molecular formula is C113H180O10. The monoisotopic (exact) mass is 1700 g/mol. The van der Waals surface area contributed by atoms with Crippen LogP contribution in [0.4, 0.5) is 0 Å². The molecule has 2 aliphatic carbocycles. The van der Waals surface area contributed by atoms with Crippen LogP contribution in [0.25, 0.3) is 0 Å². The van der Waals surface area contributed by atoms with Crippen molar-refractivity contribution in [3.05, 3.63) is 180 Å². The number of ether oxygens (including phenoxy) is 1. The van der Waals surface area contributed by atoms with Gasteiger partial charge in [-0.2, -0.15) is 0 Å². The van der Waals surface area contributed by atoms with E-state index in [4.69, 9.17) is 9.62 Å². The van der Waals surface area contributed by atoms with E-state index >= 15 is 0 Å². The Balaban J connectivity index is 0.000000327. The molecule has 6 aromatic rings. The molecule has 2 fully saturated rings. The first-order valence-electron chi connectivity index (χ1n) is 47.0. The maximum Gasteiger partial charge on any atom is 0.335 e. The van der Waals surface area contributed by atoms with E-state index in [-0.39, 0.29) is 71.1 Å². The number of carbonyl (C=O) groups excluding carboxylic acids is 1. The fourth-order valence-corrected chi connectivity index (χ4v) is 19.2. The second kappa shape index (κ2) is 42.5. The van der Waals surface area contributed by atoms with Crippen molar-refractivity contribution in [1.29, 1.82) is 0 Å². The lowest BCUT2D eigenvalue weighted by atomic mass is 9.69. The molecule has 8 rings (SSSR count). The second-order valence-electron chi connectivity index (χ2n) is 49.4. The van der Waals surface area contributed by atoms with Crippen LogP contribution in [0.5, 0.6) is 40.2 Å².